The summed E-state index contributed by atoms with van der Waals surface area (Å²) in [5.74, 6) is -0.381. The summed E-state index contributed by atoms with van der Waals surface area (Å²) < 4.78 is 5.39. The first-order chi connectivity index (χ1) is 9.50. The largest absolute Gasteiger partial charge is 0.457 e. The summed E-state index contributed by atoms with van der Waals surface area (Å²) in [7, 11) is 0. The molecule has 0 bridgehead atoms. The van der Waals surface area contributed by atoms with Crippen molar-refractivity contribution in [1.29, 1.82) is 0 Å². The minimum atomic E-state index is -0.381. The number of para-hydroxylation sites is 1. The van der Waals surface area contributed by atoms with E-state index in [0.29, 0.717) is 11.3 Å². The van der Waals surface area contributed by atoms with Gasteiger partial charge in [-0.1, -0.05) is 30.3 Å². The highest BCUT2D eigenvalue weighted by atomic mass is 16.5. The van der Waals surface area contributed by atoms with E-state index in [4.69, 9.17) is 10.5 Å². The first-order valence-electron chi connectivity index (χ1n) is 6.58. The second-order valence-corrected chi connectivity index (χ2v) is 4.98. The lowest BCUT2D eigenvalue weighted by Gasteiger charge is -2.12. The molecular weight excluding hydrogens is 250 g/mol. The molecule has 0 radical (unpaired) electrons. The van der Waals surface area contributed by atoms with Crippen molar-refractivity contribution in [1.82, 2.24) is 0 Å². The number of carbonyl (C=O) groups is 1. The van der Waals surface area contributed by atoms with E-state index in [1.807, 2.05) is 45.0 Å². The highest BCUT2D eigenvalue weighted by Gasteiger charge is 2.13. The average molecular weight is 269 g/mol. The van der Waals surface area contributed by atoms with Crippen LogP contribution in [0.15, 0.2) is 36.4 Å². The van der Waals surface area contributed by atoms with Gasteiger partial charge in [-0.2, -0.15) is 0 Å². The minimum absolute atomic E-state index is 0.269. The molecule has 0 saturated carbocycles. The fraction of sp³-hybridized carbons (Fsp3) is 0.235. The van der Waals surface area contributed by atoms with Crippen LogP contribution in [0, 0.1) is 20.8 Å². The lowest BCUT2D eigenvalue weighted by molar-refractivity contribution is 0.0472. The Morgan fingerprint density at radius 1 is 1.00 bits per heavy atom. The number of aryl methyl sites for hydroxylation is 3. The Labute approximate surface area is 119 Å². The number of nitrogens with two attached hydrogens (primary N) is 1. The highest BCUT2D eigenvalue weighted by molar-refractivity contribution is 5.95. The standard InChI is InChI=1S/C17H19NO2/c1-11-6-4-7-12(2)15(11)10-20-17(19)14-9-5-8-13(3)16(14)18/h4-9H,10,18H2,1-3H3. The van der Waals surface area contributed by atoms with Crippen LogP contribution in [-0.2, 0) is 11.3 Å². The van der Waals surface area contributed by atoms with E-state index in [2.05, 4.69) is 0 Å². The molecule has 0 spiro atoms. The number of rotatable bonds is 3. The molecule has 2 N–H and O–H groups in total. The Morgan fingerprint density at radius 3 is 2.20 bits per heavy atom. The smallest absolute Gasteiger partial charge is 0.340 e. The summed E-state index contributed by atoms with van der Waals surface area (Å²) in [6, 6.07) is 11.4. The van der Waals surface area contributed by atoms with Crippen molar-refractivity contribution < 1.29 is 9.53 Å². The predicted octanol–water partition coefficient (Wildman–Crippen LogP) is 3.55. The van der Waals surface area contributed by atoms with Gasteiger partial charge in [0.15, 0.2) is 0 Å². The Bertz CT molecular complexity index is 627. The maximum absolute atomic E-state index is 12.1. The van der Waals surface area contributed by atoms with Crippen molar-refractivity contribution in [3.05, 3.63) is 64.2 Å². The molecule has 3 nitrogen and oxygen atoms in total. The number of ether oxygens (including phenoxy) is 1. The van der Waals surface area contributed by atoms with E-state index in [-0.39, 0.29) is 12.6 Å². The normalized spacial score (nSPS) is 10.3. The topological polar surface area (TPSA) is 52.3 Å². The van der Waals surface area contributed by atoms with Gasteiger partial charge in [0.2, 0.25) is 0 Å². The van der Waals surface area contributed by atoms with Gasteiger partial charge < -0.3 is 10.5 Å². The van der Waals surface area contributed by atoms with Crippen LogP contribution in [0.3, 0.4) is 0 Å². The van der Waals surface area contributed by atoms with E-state index in [1.54, 1.807) is 12.1 Å². The second kappa shape index (κ2) is 5.78. The van der Waals surface area contributed by atoms with Crippen LogP contribution in [0.25, 0.3) is 0 Å². The molecule has 0 fully saturated rings. The molecule has 0 unspecified atom stereocenters. The molecular formula is C17H19NO2. The van der Waals surface area contributed by atoms with Gasteiger partial charge in [-0.25, -0.2) is 4.79 Å². The summed E-state index contributed by atoms with van der Waals surface area (Å²) in [5, 5.41) is 0. The summed E-state index contributed by atoms with van der Waals surface area (Å²) in [6.07, 6.45) is 0. The number of hydrogen-bond donors (Lipinski definition) is 1. The molecule has 0 aliphatic rings. The van der Waals surface area contributed by atoms with E-state index < -0.39 is 0 Å². The average Bonchev–Trinajstić information content (AvgIpc) is 2.41. The predicted molar refractivity (Wildman–Crippen MR) is 80.6 cm³/mol. The zero-order valence-corrected chi connectivity index (χ0v) is 12.1. The fourth-order valence-corrected chi connectivity index (χ4v) is 2.15. The van der Waals surface area contributed by atoms with Crippen LogP contribution in [0.5, 0.6) is 0 Å². The van der Waals surface area contributed by atoms with Gasteiger partial charge in [0, 0.05) is 5.69 Å². The van der Waals surface area contributed by atoms with Gasteiger partial charge in [0.25, 0.3) is 0 Å². The Hall–Kier alpha value is -2.29. The summed E-state index contributed by atoms with van der Waals surface area (Å²) in [4.78, 5) is 12.1. The Balaban J connectivity index is 2.15. The van der Waals surface area contributed by atoms with Crippen LogP contribution in [-0.4, -0.2) is 5.97 Å². The highest BCUT2D eigenvalue weighted by Crippen LogP contribution is 2.19. The van der Waals surface area contributed by atoms with Crippen molar-refractivity contribution in [2.45, 2.75) is 27.4 Å². The maximum atomic E-state index is 12.1. The lowest BCUT2D eigenvalue weighted by Crippen LogP contribution is -2.10. The Kier molecular flexibility index (Phi) is 4.08. The first-order valence-corrected chi connectivity index (χ1v) is 6.58. The van der Waals surface area contributed by atoms with Crippen molar-refractivity contribution in [3.8, 4) is 0 Å². The zero-order chi connectivity index (χ0) is 14.7. The SMILES string of the molecule is Cc1cccc(C(=O)OCc2c(C)cccc2C)c1N. The molecule has 0 heterocycles. The maximum Gasteiger partial charge on any atom is 0.340 e. The van der Waals surface area contributed by atoms with Gasteiger partial charge in [-0.15, -0.1) is 0 Å². The minimum Gasteiger partial charge on any atom is -0.457 e. The van der Waals surface area contributed by atoms with E-state index in [9.17, 15) is 4.79 Å². The van der Waals surface area contributed by atoms with Gasteiger partial charge in [0.1, 0.15) is 6.61 Å². The summed E-state index contributed by atoms with van der Waals surface area (Å²) in [6.45, 7) is 6.16. The fourth-order valence-electron chi connectivity index (χ4n) is 2.15. The molecule has 0 atom stereocenters. The molecule has 0 amide bonds. The molecule has 0 aromatic heterocycles. The number of nitrogen functional groups attached to an aromatic ring is 1. The molecule has 104 valence electrons. The van der Waals surface area contributed by atoms with Gasteiger partial charge in [-0.05, 0) is 49.1 Å². The second-order valence-electron chi connectivity index (χ2n) is 4.98. The van der Waals surface area contributed by atoms with E-state index in [0.717, 1.165) is 22.3 Å². The van der Waals surface area contributed by atoms with Crippen molar-refractivity contribution in [2.24, 2.45) is 0 Å². The third kappa shape index (κ3) is 2.82. The zero-order valence-electron chi connectivity index (χ0n) is 12.1. The monoisotopic (exact) mass is 269 g/mol. The van der Waals surface area contributed by atoms with Crippen molar-refractivity contribution >= 4 is 11.7 Å². The number of esters is 1. The number of carbonyl (C=O) groups excluding carboxylic acids is 1. The first kappa shape index (κ1) is 14.1. The Morgan fingerprint density at radius 2 is 1.55 bits per heavy atom. The lowest BCUT2D eigenvalue weighted by atomic mass is 10.0. The molecule has 2 aromatic carbocycles. The molecule has 0 aliphatic heterocycles. The van der Waals surface area contributed by atoms with E-state index in [1.165, 1.54) is 0 Å². The van der Waals surface area contributed by atoms with Gasteiger partial charge in [0.05, 0.1) is 5.56 Å². The molecule has 2 rings (SSSR count). The third-order valence-electron chi connectivity index (χ3n) is 3.54. The van der Waals surface area contributed by atoms with Gasteiger partial charge >= 0.3 is 5.97 Å². The molecule has 20 heavy (non-hydrogen) atoms. The summed E-state index contributed by atoms with van der Waals surface area (Å²) in [5.41, 5.74) is 11.0. The van der Waals surface area contributed by atoms with Gasteiger partial charge in [-0.3, -0.25) is 0 Å². The molecule has 3 heteroatoms. The van der Waals surface area contributed by atoms with Crippen molar-refractivity contribution in [2.75, 3.05) is 5.73 Å². The number of benzene rings is 2. The van der Waals surface area contributed by atoms with E-state index >= 15 is 0 Å². The molecule has 2 aromatic rings. The van der Waals surface area contributed by atoms with Crippen LogP contribution in [0.2, 0.25) is 0 Å². The summed E-state index contributed by atoms with van der Waals surface area (Å²) >= 11 is 0. The van der Waals surface area contributed by atoms with Crippen molar-refractivity contribution in [3.63, 3.8) is 0 Å². The quantitative estimate of drug-likeness (QED) is 0.684. The van der Waals surface area contributed by atoms with Crippen LogP contribution < -0.4 is 5.73 Å². The molecule has 0 aliphatic carbocycles. The third-order valence-corrected chi connectivity index (χ3v) is 3.54. The molecule has 0 saturated heterocycles. The number of anilines is 1. The van der Waals surface area contributed by atoms with Crippen LogP contribution in [0.1, 0.15) is 32.6 Å². The van der Waals surface area contributed by atoms with Crippen LogP contribution in [0.4, 0.5) is 5.69 Å². The number of hydrogen-bond acceptors (Lipinski definition) is 3. The van der Waals surface area contributed by atoms with Crippen LogP contribution >= 0.6 is 0 Å².